The van der Waals surface area contributed by atoms with Crippen molar-refractivity contribution in [2.75, 3.05) is 0 Å². The highest BCUT2D eigenvalue weighted by Gasteiger charge is 2.18. The molecule has 464 valence electrons. The van der Waals surface area contributed by atoms with Crippen molar-refractivity contribution in [3.05, 3.63) is 337 Å². The molecule has 0 amide bonds. The molecule has 8 nitrogen and oxygen atoms in total. The van der Waals surface area contributed by atoms with Crippen molar-refractivity contribution in [2.45, 2.75) is 0 Å². The Hall–Kier alpha value is -11.6. The van der Waals surface area contributed by atoms with Gasteiger partial charge in [0.1, 0.15) is 0 Å². The van der Waals surface area contributed by atoms with Crippen LogP contribution in [0.1, 0.15) is 0 Å². The third-order valence-corrected chi connectivity index (χ3v) is 18.3. The number of rotatable bonds is 5. The molecule has 12 heteroatoms. The lowest BCUT2D eigenvalue weighted by Crippen LogP contribution is -1.93. The smallest absolute Gasteiger partial charge is 0.218 e. The molecule has 0 saturated carbocycles. The molecular weight excluding hydrogens is 1290 g/mol. The minimum absolute atomic E-state index is 0.264. The van der Waals surface area contributed by atoms with Gasteiger partial charge in [-0.15, -0.1) is 0 Å². The van der Waals surface area contributed by atoms with Crippen molar-refractivity contribution in [3.8, 4) is 56.2 Å². The van der Waals surface area contributed by atoms with E-state index in [1.54, 1.807) is 0 Å². The first kappa shape index (κ1) is 61.3. The van der Waals surface area contributed by atoms with Gasteiger partial charge in [0.05, 0.1) is 44.8 Å². The van der Waals surface area contributed by atoms with E-state index in [1.165, 1.54) is 43.4 Å². The van der Waals surface area contributed by atoms with Crippen LogP contribution < -0.4 is 0 Å². The Balaban J connectivity index is 0.000000103. The van der Waals surface area contributed by atoms with Crippen LogP contribution in [0.15, 0.2) is 315 Å². The molecular formula is C86H52Cl4N8. The summed E-state index contributed by atoms with van der Waals surface area (Å²) in [4.78, 5) is 35.9. The lowest BCUT2D eigenvalue weighted by atomic mass is 9.96. The summed E-state index contributed by atoms with van der Waals surface area (Å²) in [7, 11) is 0. The van der Waals surface area contributed by atoms with E-state index in [4.69, 9.17) is 46.4 Å². The lowest BCUT2D eigenvalue weighted by molar-refractivity contribution is 1.23. The average Bonchev–Trinajstić information content (AvgIpc) is 0.782. The highest BCUT2D eigenvalue weighted by atomic mass is 35.5. The van der Waals surface area contributed by atoms with Crippen LogP contribution in [0, 0.1) is 0 Å². The van der Waals surface area contributed by atoms with Gasteiger partial charge in [-0.2, -0.15) is 0 Å². The fourth-order valence-electron chi connectivity index (χ4n) is 13.1. The first-order chi connectivity index (χ1) is 48.2. The van der Waals surface area contributed by atoms with Crippen molar-refractivity contribution in [2.24, 2.45) is 0 Å². The van der Waals surface area contributed by atoms with Crippen LogP contribution in [0.2, 0.25) is 21.1 Å². The van der Waals surface area contributed by atoms with Gasteiger partial charge >= 0.3 is 0 Å². The summed E-state index contributed by atoms with van der Waals surface area (Å²) in [5, 5.41) is 19.2. The molecule has 0 radical (unpaired) electrons. The van der Waals surface area contributed by atoms with E-state index in [9.17, 15) is 0 Å². The zero-order chi connectivity index (χ0) is 66.1. The maximum Gasteiger partial charge on any atom is 0.223 e. The topological polar surface area (TPSA) is 103 Å². The van der Waals surface area contributed by atoms with Crippen molar-refractivity contribution in [3.63, 3.8) is 0 Å². The molecule has 4 aromatic heterocycles. The van der Waals surface area contributed by atoms with Gasteiger partial charge in [-0.05, 0) is 152 Å². The quantitative estimate of drug-likeness (QED) is 0.124. The molecule has 98 heavy (non-hydrogen) atoms. The van der Waals surface area contributed by atoms with Crippen LogP contribution >= 0.6 is 46.4 Å². The van der Waals surface area contributed by atoms with Crippen LogP contribution in [0.3, 0.4) is 0 Å². The number of fused-ring (bicyclic) bond motifs is 14. The molecule has 0 atom stereocenters. The summed E-state index contributed by atoms with van der Waals surface area (Å²) in [6, 6.07) is 108. The normalized spacial score (nSPS) is 11.3. The van der Waals surface area contributed by atoms with E-state index in [0.717, 1.165) is 121 Å². The number of hydrogen-bond donors (Lipinski definition) is 0. The second kappa shape index (κ2) is 26.9. The molecule has 15 aromatic carbocycles. The average molecular weight is 1340 g/mol. The molecule has 0 aliphatic rings. The molecule has 19 aromatic rings. The maximum atomic E-state index is 6.25. The second-order valence-electron chi connectivity index (χ2n) is 23.5. The lowest BCUT2D eigenvalue weighted by Gasteiger charge is -2.11. The molecule has 19 rings (SSSR count). The van der Waals surface area contributed by atoms with Gasteiger partial charge in [0.25, 0.3) is 0 Å². The number of nitrogens with zero attached hydrogens (tertiary/aromatic N) is 8. The highest BCUT2D eigenvalue weighted by molar-refractivity contribution is 6.31. The summed E-state index contributed by atoms with van der Waals surface area (Å²) >= 11 is 24.8. The standard InChI is InChI=1S/C24H15ClN2.2C22H13ClN2.C18H11ClN2/c25-24-26-21-15-14-18-8-4-5-9-20(18)22(21)23(27-24)19-12-10-17(11-13-19)16-6-2-1-3-7-16;23-22-24-19-13-12-15-7-2-4-10-17(15)20(19)21(25-22)18-11-5-8-14-6-1-3-9-16(14)18;23-22-24-19-12-11-15-6-3-4-8-18(15)20(19)21(25-22)17-10-9-14-5-1-2-7-16(14)13-17;19-18-20-15-11-10-12-6-4-5-9-14(12)16(15)17(21-18)13-7-2-1-3-8-13/h1-15H;2*1-13H;1-11H. The molecule has 0 aliphatic carbocycles. The third kappa shape index (κ3) is 12.2. The van der Waals surface area contributed by atoms with E-state index in [1.807, 2.05) is 140 Å². The zero-order valence-corrected chi connectivity index (χ0v) is 55.1. The van der Waals surface area contributed by atoms with E-state index in [2.05, 4.69) is 216 Å². The van der Waals surface area contributed by atoms with E-state index >= 15 is 0 Å². The Morgan fingerprint density at radius 3 is 0.888 bits per heavy atom. The molecule has 0 saturated heterocycles. The van der Waals surface area contributed by atoms with Crippen LogP contribution in [-0.2, 0) is 0 Å². The van der Waals surface area contributed by atoms with Crippen LogP contribution in [-0.4, -0.2) is 39.9 Å². The second-order valence-corrected chi connectivity index (χ2v) is 24.8. The monoisotopic (exact) mass is 1340 g/mol. The van der Waals surface area contributed by atoms with E-state index in [-0.39, 0.29) is 21.1 Å². The molecule has 0 bridgehead atoms. The van der Waals surface area contributed by atoms with E-state index in [0.29, 0.717) is 0 Å². The Morgan fingerprint density at radius 2 is 0.449 bits per heavy atom. The molecule has 0 fully saturated rings. The van der Waals surface area contributed by atoms with Crippen molar-refractivity contribution >= 4 is 155 Å². The predicted octanol–water partition coefficient (Wildman–Crippen LogP) is 24.4. The minimum Gasteiger partial charge on any atom is -0.218 e. The van der Waals surface area contributed by atoms with Gasteiger partial charge in [0, 0.05) is 43.8 Å². The van der Waals surface area contributed by atoms with Crippen molar-refractivity contribution in [1.29, 1.82) is 0 Å². The summed E-state index contributed by atoms with van der Waals surface area (Å²) in [5.74, 6) is 0. The fourth-order valence-corrected chi connectivity index (χ4v) is 13.8. The minimum atomic E-state index is 0.264. The molecule has 0 unspecified atom stereocenters. The molecule has 0 aliphatic heterocycles. The maximum absolute atomic E-state index is 6.25. The summed E-state index contributed by atoms with van der Waals surface area (Å²) in [6.45, 7) is 0. The largest absolute Gasteiger partial charge is 0.223 e. The predicted molar refractivity (Wildman–Crippen MR) is 410 cm³/mol. The summed E-state index contributed by atoms with van der Waals surface area (Å²) in [6.07, 6.45) is 0. The third-order valence-electron chi connectivity index (χ3n) is 17.6. The van der Waals surface area contributed by atoms with Gasteiger partial charge in [0.15, 0.2) is 0 Å². The van der Waals surface area contributed by atoms with Gasteiger partial charge in [0.2, 0.25) is 21.1 Å². The number of hydrogen-bond acceptors (Lipinski definition) is 8. The molecule has 0 N–H and O–H groups in total. The van der Waals surface area contributed by atoms with Gasteiger partial charge in [-0.25, -0.2) is 39.9 Å². The van der Waals surface area contributed by atoms with Crippen LogP contribution in [0.5, 0.6) is 0 Å². The first-order valence-corrected chi connectivity index (χ1v) is 33.3. The number of halogens is 4. The SMILES string of the molecule is Clc1nc(-c2ccc(-c3ccccc3)cc2)c2c(ccc3ccccc32)n1.Clc1nc(-c2ccc3ccccc3c2)c2c(ccc3ccccc32)n1.Clc1nc(-c2cccc3ccccc23)c2c(ccc3ccccc32)n1.Clc1nc(-c2ccccc2)c2c(ccc3ccccc32)n1. The van der Waals surface area contributed by atoms with Gasteiger partial charge in [-0.3, -0.25) is 0 Å². The number of benzene rings is 15. The summed E-state index contributed by atoms with van der Waals surface area (Å²) < 4.78 is 0. The highest BCUT2D eigenvalue weighted by Crippen LogP contribution is 2.40. The Bertz CT molecular complexity index is 6250. The molecule has 4 heterocycles. The van der Waals surface area contributed by atoms with Gasteiger partial charge < -0.3 is 0 Å². The van der Waals surface area contributed by atoms with Crippen molar-refractivity contribution < 1.29 is 0 Å². The van der Waals surface area contributed by atoms with Crippen LogP contribution in [0.4, 0.5) is 0 Å². The van der Waals surface area contributed by atoms with Crippen molar-refractivity contribution in [1.82, 2.24) is 39.9 Å². The van der Waals surface area contributed by atoms with E-state index < -0.39 is 0 Å². The first-order valence-electron chi connectivity index (χ1n) is 31.8. The Morgan fingerprint density at radius 1 is 0.173 bits per heavy atom. The zero-order valence-electron chi connectivity index (χ0n) is 52.1. The Labute approximate surface area is 583 Å². The van der Waals surface area contributed by atoms with Crippen LogP contribution in [0.25, 0.3) is 164 Å². The Kier molecular flexibility index (Phi) is 16.8. The van der Waals surface area contributed by atoms with Gasteiger partial charge in [-0.1, -0.05) is 285 Å². The fraction of sp³-hybridized carbons (Fsp3) is 0. The molecule has 0 spiro atoms. The summed E-state index contributed by atoms with van der Waals surface area (Å²) in [5.41, 5.74) is 13.5. The number of aromatic nitrogens is 8.